The van der Waals surface area contributed by atoms with Gasteiger partial charge in [-0.15, -0.1) is 0 Å². The van der Waals surface area contributed by atoms with Crippen molar-refractivity contribution in [2.24, 2.45) is 0 Å². The quantitative estimate of drug-likeness (QED) is 0.632. The topological polar surface area (TPSA) is 64.2 Å². The molecule has 0 unspecified atom stereocenters. The first kappa shape index (κ1) is 15.2. The number of nitrogens with zero attached hydrogens (tertiary/aromatic N) is 4. The number of thioether (sulfide) groups is 1. The van der Waals surface area contributed by atoms with E-state index < -0.39 is 0 Å². The first-order chi connectivity index (χ1) is 9.58. The van der Waals surface area contributed by atoms with Crippen molar-refractivity contribution >= 4 is 23.3 Å². The Morgan fingerprint density at radius 3 is 2.85 bits per heavy atom. The standard InChI is InChI=1S/C13H22N4O2S/c1-4-16-13(12(17(18)19)10(2)14-16)15-8-6-5-7-11(9-15)20-3/h11H,4-9H2,1-3H3/t11-/m0/s1. The Morgan fingerprint density at radius 2 is 2.25 bits per heavy atom. The van der Waals surface area contributed by atoms with Crippen molar-refractivity contribution in [3.8, 4) is 0 Å². The molecule has 0 spiro atoms. The monoisotopic (exact) mass is 298 g/mol. The highest BCUT2D eigenvalue weighted by Crippen LogP contribution is 2.34. The molecule has 0 N–H and O–H groups in total. The van der Waals surface area contributed by atoms with Crippen LogP contribution in [0.15, 0.2) is 0 Å². The van der Waals surface area contributed by atoms with Crippen LogP contribution in [0.4, 0.5) is 11.5 Å². The molecule has 1 aromatic rings. The van der Waals surface area contributed by atoms with Gasteiger partial charge >= 0.3 is 5.69 Å². The van der Waals surface area contributed by atoms with Crippen LogP contribution in [0.25, 0.3) is 0 Å². The maximum atomic E-state index is 11.4. The highest BCUT2D eigenvalue weighted by Gasteiger charge is 2.31. The average Bonchev–Trinajstić information content (AvgIpc) is 2.61. The molecule has 0 aliphatic carbocycles. The molecule has 0 saturated carbocycles. The van der Waals surface area contributed by atoms with E-state index in [1.165, 1.54) is 12.8 Å². The number of nitro groups is 1. The highest BCUT2D eigenvalue weighted by atomic mass is 32.2. The maximum Gasteiger partial charge on any atom is 0.333 e. The fourth-order valence-electron chi connectivity index (χ4n) is 2.79. The van der Waals surface area contributed by atoms with Gasteiger partial charge in [0.15, 0.2) is 0 Å². The van der Waals surface area contributed by atoms with Crippen LogP contribution < -0.4 is 4.90 Å². The van der Waals surface area contributed by atoms with E-state index >= 15 is 0 Å². The van der Waals surface area contributed by atoms with Crippen molar-refractivity contribution in [1.29, 1.82) is 0 Å². The van der Waals surface area contributed by atoms with Gasteiger partial charge in [0.05, 0.1) is 4.92 Å². The molecular formula is C13H22N4O2S. The molecule has 6 nitrogen and oxygen atoms in total. The molecule has 20 heavy (non-hydrogen) atoms. The normalized spacial score (nSPS) is 19.9. The molecule has 1 aromatic heterocycles. The molecule has 1 aliphatic heterocycles. The van der Waals surface area contributed by atoms with Gasteiger partial charge in [0.25, 0.3) is 0 Å². The number of aromatic nitrogens is 2. The smallest absolute Gasteiger partial charge is 0.333 e. The number of anilines is 1. The van der Waals surface area contributed by atoms with Crippen LogP contribution in [0, 0.1) is 17.0 Å². The van der Waals surface area contributed by atoms with Gasteiger partial charge in [0, 0.05) is 24.9 Å². The van der Waals surface area contributed by atoms with E-state index in [9.17, 15) is 10.1 Å². The lowest BCUT2D eigenvalue weighted by molar-refractivity contribution is -0.384. The van der Waals surface area contributed by atoms with E-state index in [0.717, 1.165) is 19.5 Å². The van der Waals surface area contributed by atoms with Crippen LogP contribution in [-0.4, -0.2) is 39.3 Å². The van der Waals surface area contributed by atoms with Gasteiger partial charge in [-0.3, -0.25) is 10.1 Å². The lowest BCUT2D eigenvalue weighted by atomic mass is 10.2. The fourth-order valence-corrected chi connectivity index (χ4v) is 3.53. The molecule has 0 bridgehead atoms. The first-order valence-corrected chi connectivity index (χ1v) is 8.36. The Balaban J connectivity index is 2.41. The van der Waals surface area contributed by atoms with Gasteiger partial charge in [-0.1, -0.05) is 6.42 Å². The van der Waals surface area contributed by atoms with E-state index in [4.69, 9.17) is 0 Å². The van der Waals surface area contributed by atoms with Crippen LogP contribution in [0.1, 0.15) is 31.9 Å². The summed E-state index contributed by atoms with van der Waals surface area (Å²) in [5.41, 5.74) is 0.686. The molecule has 1 aliphatic rings. The third-order valence-electron chi connectivity index (χ3n) is 3.81. The zero-order valence-corrected chi connectivity index (χ0v) is 13.2. The summed E-state index contributed by atoms with van der Waals surface area (Å²) in [7, 11) is 0. The molecule has 0 radical (unpaired) electrons. The van der Waals surface area contributed by atoms with Gasteiger partial charge in [-0.25, -0.2) is 4.68 Å². The van der Waals surface area contributed by atoms with E-state index in [-0.39, 0.29) is 10.6 Å². The summed E-state index contributed by atoms with van der Waals surface area (Å²) in [5, 5.41) is 16.2. The SMILES string of the molecule is CCn1nc(C)c([N+](=O)[O-])c1N1CCCC[C@H](SC)C1. The second-order valence-electron chi connectivity index (χ2n) is 5.13. The summed E-state index contributed by atoms with van der Waals surface area (Å²) in [6, 6.07) is 0. The van der Waals surface area contributed by atoms with E-state index in [1.54, 1.807) is 11.6 Å². The van der Waals surface area contributed by atoms with Crippen LogP contribution in [0.2, 0.25) is 0 Å². The third kappa shape index (κ3) is 2.92. The molecule has 7 heteroatoms. The molecule has 2 rings (SSSR count). The highest BCUT2D eigenvalue weighted by molar-refractivity contribution is 7.99. The van der Waals surface area contributed by atoms with Crippen LogP contribution in [0.5, 0.6) is 0 Å². The second kappa shape index (κ2) is 6.47. The number of hydrogen-bond acceptors (Lipinski definition) is 5. The van der Waals surface area contributed by atoms with Crippen molar-refractivity contribution in [3.63, 3.8) is 0 Å². The van der Waals surface area contributed by atoms with Crippen molar-refractivity contribution in [3.05, 3.63) is 15.8 Å². The molecule has 0 amide bonds. The summed E-state index contributed by atoms with van der Waals surface area (Å²) >= 11 is 1.85. The second-order valence-corrected chi connectivity index (χ2v) is 6.27. The largest absolute Gasteiger partial charge is 0.350 e. The average molecular weight is 298 g/mol. The summed E-state index contributed by atoms with van der Waals surface area (Å²) in [4.78, 5) is 13.2. The van der Waals surface area contributed by atoms with Crippen molar-refractivity contribution in [2.45, 2.75) is 44.9 Å². The maximum absolute atomic E-state index is 11.4. The summed E-state index contributed by atoms with van der Waals surface area (Å²) in [5.74, 6) is 0.691. The van der Waals surface area contributed by atoms with E-state index in [1.807, 2.05) is 18.7 Å². The Labute approximate surface area is 123 Å². The number of aryl methyl sites for hydroxylation is 2. The van der Waals surface area contributed by atoms with Crippen molar-refractivity contribution in [1.82, 2.24) is 9.78 Å². The van der Waals surface area contributed by atoms with Gasteiger partial charge in [-0.2, -0.15) is 16.9 Å². The summed E-state index contributed by atoms with van der Waals surface area (Å²) < 4.78 is 1.77. The Hall–Kier alpha value is -1.24. The Morgan fingerprint density at radius 1 is 1.50 bits per heavy atom. The van der Waals surface area contributed by atoms with E-state index in [2.05, 4.69) is 16.3 Å². The number of rotatable bonds is 4. The number of hydrogen-bond donors (Lipinski definition) is 0. The van der Waals surface area contributed by atoms with Crippen LogP contribution in [-0.2, 0) is 6.54 Å². The van der Waals surface area contributed by atoms with Crippen molar-refractivity contribution < 1.29 is 4.92 Å². The molecule has 1 fully saturated rings. The third-order valence-corrected chi connectivity index (χ3v) is 4.86. The predicted octanol–water partition coefficient (Wildman–Crippen LogP) is 2.84. The van der Waals surface area contributed by atoms with Crippen molar-refractivity contribution in [2.75, 3.05) is 24.2 Å². The molecule has 2 heterocycles. The van der Waals surface area contributed by atoms with Gasteiger partial charge in [0.1, 0.15) is 5.69 Å². The minimum atomic E-state index is -0.289. The van der Waals surface area contributed by atoms with Gasteiger partial charge in [-0.05, 0) is 32.9 Å². The van der Waals surface area contributed by atoms with E-state index in [0.29, 0.717) is 23.3 Å². The molecule has 112 valence electrons. The summed E-state index contributed by atoms with van der Waals surface area (Å²) in [6.07, 6.45) is 5.58. The Bertz CT molecular complexity index is 489. The zero-order chi connectivity index (χ0) is 14.7. The molecule has 1 atom stereocenters. The van der Waals surface area contributed by atoms with Crippen LogP contribution in [0.3, 0.4) is 0 Å². The lowest BCUT2D eigenvalue weighted by Crippen LogP contribution is -2.31. The minimum Gasteiger partial charge on any atom is -0.350 e. The first-order valence-electron chi connectivity index (χ1n) is 7.08. The molecule has 1 saturated heterocycles. The van der Waals surface area contributed by atoms with Gasteiger partial charge in [0.2, 0.25) is 5.82 Å². The molecular weight excluding hydrogens is 276 g/mol. The Kier molecular flexibility index (Phi) is 4.91. The molecule has 0 aromatic carbocycles. The fraction of sp³-hybridized carbons (Fsp3) is 0.769. The van der Waals surface area contributed by atoms with Crippen LogP contribution >= 0.6 is 11.8 Å². The lowest BCUT2D eigenvalue weighted by Gasteiger charge is -2.25. The predicted molar refractivity (Wildman–Crippen MR) is 82.7 cm³/mol. The summed E-state index contributed by atoms with van der Waals surface area (Å²) in [6.45, 7) is 6.10. The minimum absolute atomic E-state index is 0.175. The zero-order valence-electron chi connectivity index (χ0n) is 12.3. The van der Waals surface area contributed by atoms with Gasteiger partial charge < -0.3 is 4.90 Å².